The van der Waals surface area contributed by atoms with Crippen molar-refractivity contribution < 1.29 is 29.3 Å². The van der Waals surface area contributed by atoms with Crippen molar-refractivity contribution in [1.82, 2.24) is 0 Å². The molecule has 0 aromatic carbocycles. The molecule has 0 bridgehead atoms. The van der Waals surface area contributed by atoms with Crippen molar-refractivity contribution in [3.8, 4) is 0 Å². The van der Waals surface area contributed by atoms with Crippen molar-refractivity contribution in [1.29, 1.82) is 0 Å². The molecule has 0 fully saturated rings. The Morgan fingerprint density at radius 3 is 1.82 bits per heavy atom. The van der Waals surface area contributed by atoms with Crippen LogP contribution in [0.4, 0.5) is 0 Å². The summed E-state index contributed by atoms with van der Waals surface area (Å²) in [6, 6.07) is 0. The summed E-state index contributed by atoms with van der Waals surface area (Å²) < 4.78 is 10.5. The molecule has 2 N–H and O–H groups in total. The zero-order valence-corrected chi connectivity index (χ0v) is 29.0. The number of esters is 2. The molecule has 0 spiro atoms. The molecule has 6 heteroatoms. The molecule has 0 unspecified atom stereocenters. The summed E-state index contributed by atoms with van der Waals surface area (Å²) in [5.41, 5.74) is 0. The third-order valence-corrected chi connectivity index (χ3v) is 7.71. The SMILES string of the molecule is CCCCC/C=C\C=C/[C@@H](O)C/C=C\C/C=C/CCCC(=O)OC[C@H](CO)OC(=O)CCCCCCCCCCCCCCC. The lowest BCUT2D eigenvalue weighted by Gasteiger charge is -2.15. The van der Waals surface area contributed by atoms with Crippen LogP contribution in [-0.2, 0) is 19.1 Å². The van der Waals surface area contributed by atoms with Crippen molar-refractivity contribution >= 4 is 11.9 Å². The molecule has 0 rings (SSSR count). The van der Waals surface area contributed by atoms with Crippen LogP contribution in [0.1, 0.15) is 162 Å². The molecule has 0 aliphatic rings. The fourth-order valence-electron chi connectivity index (χ4n) is 4.86. The highest BCUT2D eigenvalue weighted by Gasteiger charge is 2.16. The minimum Gasteiger partial charge on any atom is -0.462 e. The average Bonchev–Trinajstić information content (AvgIpc) is 3.03. The Bertz CT molecular complexity index is 784. The fourth-order valence-corrected chi connectivity index (χ4v) is 4.86. The molecule has 0 heterocycles. The van der Waals surface area contributed by atoms with Gasteiger partial charge in [0.05, 0.1) is 12.7 Å². The Morgan fingerprint density at radius 1 is 0.622 bits per heavy atom. The monoisotopic (exact) mass is 633 g/mol. The number of aliphatic hydroxyl groups excluding tert-OH is 2. The van der Waals surface area contributed by atoms with Crippen LogP contribution in [0.15, 0.2) is 48.6 Å². The van der Waals surface area contributed by atoms with Gasteiger partial charge in [0.1, 0.15) is 6.61 Å². The molecule has 0 aromatic heterocycles. The van der Waals surface area contributed by atoms with Gasteiger partial charge in [-0.15, -0.1) is 0 Å². The molecule has 0 aliphatic heterocycles. The molecule has 6 nitrogen and oxygen atoms in total. The maximum absolute atomic E-state index is 12.1. The molecule has 0 amide bonds. The Balaban J connectivity index is 3.75. The normalized spacial score (nSPS) is 13.4. The van der Waals surface area contributed by atoms with E-state index in [1.807, 2.05) is 42.5 Å². The minimum atomic E-state index is -0.809. The van der Waals surface area contributed by atoms with E-state index < -0.39 is 12.2 Å². The molecule has 260 valence electrons. The van der Waals surface area contributed by atoms with E-state index in [4.69, 9.17) is 9.47 Å². The van der Waals surface area contributed by atoms with Crippen LogP contribution in [0.25, 0.3) is 0 Å². The maximum Gasteiger partial charge on any atom is 0.306 e. The number of carbonyl (C=O) groups excluding carboxylic acids is 2. The van der Waals surface area contributed by atoms with Crippen molar-refractivity contribution in [3.05, 3.63) is 48.6 Å². The highest BCUT2D eigenvalue weighted by atomic mass is 16.6. The lowest BCUT2D eigenvalue weighted by molar-refractivity contribution is -0.161. The first-order valence-electron chi connectivity index (χ1n) is 18.3. The number of hydrogen-bond acceptors (Lipinski definition) is 6. The summed E-state index contributed by atoms with van der Waals surface area (Å²) in [4.78, 5) is 24.2. The van der Waals surface area contributed by atoms with Gasteiger partial charge in [-0.05, 0) is 44.9 Å². The van der Waals surface area contributed by atoms with Gasteiger partial charge in [-0.3, -0.25) is 9.59 Å². The summed E-state index contributed by atoms with van der Waals surface area (Å²) in [5.74, 6) is -0.698. The number of rotatable bonds is 32. The van der Waals surface area contributed by atoms with Gasteiger partial charge < -0.3 is 19.7 Å². The zero-order chi connectivity index (χ0) is 33.1. The third kappa shape index (κ3) is 33.0. The van der Waals surface area contributed by atoms with Crippen molar-refractivity contribution in [2.45, 2.75) is 174 Å². The van der Waals surface area contributed by atoms with E-state index in [0.717, 1.165) is 38.5 Å². The van der Waals surface area contributed by atoms with Gasteiger partial charge in [-0.25, -0.2) is 0 Å². The fraction of sp³-hybridized carbons (Fsp3) is 0.744. The maximum atomic E-state index is 12.1. The second-order valence-electron chi connectivity index (χ2n) is 12.2. The number of hydrogen-bond donors (Lipinski definition) is 2. The summed E-state index contributed by atoms with van der Waals surface area (Å²) in [5, 5.41) is 19.5. The van der Waals surface area contributed by atoms with E-state index in [2.05, 4.69) is 19.9 Å². The van der Waals surface area contributed by atoms with Crippen LogP contribution >= 0.6 is 0 Å². The van der Waals surface area contributed by atoms with Gasteiger partial charge in [0.25, 0.3) is 0 Å². The van der Waals surface area contributed by atoms with E-state index in [1.54, 1.807) is 0 Å². The second kappa shape index (κ2) is 34.7. The highest BCUT2D eigenvalue weighted by molar-refractivity contribution is 5.70. The summed E-state index contributed by atoms with van der Waals surface area (Å²) in [7, 11) is 0. The molecule has 0 saturated heterocycles. The predicted molar refractivity (Wildman–Crippen MR) is 188 cm³/mol. The van der Waals surface area contributed by atoms with Gasteiger partial charge in [-0.1, -0.05) is 152 Å². The predicted octanol–water partition coefficient (Wildman–Crippen LogP) is 10.0. The Morgan fingerprint density at radius 2 is 1.18 bits per heavy atom. The number of unbranched alkanes of at least 4 members (excludes halogenated alkanes) is 16. The standard InChI is InChI=1S/C39H68O6/c1-3-5-7-9-11-12-13-14-15-16-20-25-29-33-39(43)45-37(34-40)35-44-38(42)32-28-24-21-17-19-23-27-31-36(41)30-26-22-18-10-8-6-4-2/h17-18,21-23,26-27,30,36-37,40-41H,3-16,19-20,24-25,28-29,31-35H2,1-2H3/b21-17+,22-18-,27-23-,30-26-/t36-,37+/m1/s1. The number of ether oxygens (including phenoxy) is 2. The van der Waals surface area contributed by atoms with E-state index in [0.29, 0.717) is 19.3 Å². The summed E-state index contributed by atoms with van der Waals surface area (Å²) in [6.45, 7) is 3.97. The van der Waals surface area contributed by atoms with Crippen molar-refractivity contribution in [3.63, 3.8) is 0 Å². The number of aliphatic hydroxyl groups is 2. The van der Waals surface area contributed by atoms with Crippen LogP contribution in [-0.4, -0.2) is 47.6 Å². The summed E-state index contributed by atoms with van der Waals surface area (Å²) >= 11 is 0. The smallest absolute Gasteiger partial charge is 0.306 e. The molecule has 0 aromatic rings. The van der Waals surface area contributed by atoms with Crippen LogP contribution in [0, 0.1) is 0 Å². The first-order chi connectivity index (χ1) is 22.0. The largest absolute Gasteiger partial charge is 0.462 e. The van der Waals surface area contributed by atoms with E-state index in [-0.39, 0.29) is 31.6 Å². The minimum absolute atomic E-state index is 0.114. The lowest BCUT2D eigenvalue weighted by atomic mass is 10.0. The lowest BCUT2D eigenvalue weighted by Crippen LogP contribution is -2.28. The van der Waals surface area contributed by atoms with Crippen LogP contribution in [0.5, 0.6) is 0 Å². The molecule has 0 saturated carbocycles. The zero-order valence-electron chi connectivity index (χ0n) is 29.0. The Hall–Kier alpha value is -2.18. The Labute approximate surface area is 276 Å². The van der Waals surface area contributed by atoms with E-state index >= 15 is 0 Å². The van der Waals surface area contributed by atoms with Crippen molar-refractivity contribution in [2.24, 2.45) is 0 Å². The first kappa shape index (κ1) is 42.8. The Kier molecular flexibility index (Phi) is 33.0. The number of carbonyl (C=O) groups is 2. The van der Waals surface area contributed by atoms with E-state index in [1.165, 1.54) is 83.5 Å². The van der Waals surface area contributed by atoms with Gasteiger partial charge in [-0.2, -0.15) is 0 Å². The molecular formula is C39H68O6. The molecule has 0 aliphatic carbocycles. The molecule has 45 heavy (non-hydrogen) atoms. The second-order valence-corrected chi connectivity index (χ2v) is 12.2. The van der Waals surface area contributed by atoms with E-state index in [9.17, 15) is 19.8 Å². The molecule has 0 radical (unpaired) electrons. The topological polar surface area (TPSA) is 93.1 Å². The van der Waals surface area contributed by atoms with Gasteiger partial charge in [0.2, 0.25) is 0 Å². The highest BCUT2D eigenvalue weighted by Crippen LogP contribution is 2.13. The third-order valence-electron chi connectivity index (χ3n) is 7.71. The average molecular weight is 633 g/mol. The van der Waals surface area contributed by atoms with Gasteiger partial charge in [0.15, 0.2) is 6.10 Å². The van der Waals surface area contributed by atoms with Gasteiger partial charge >= 0.3 is 11.9 Å². The number of allylic oxidation sites excluding steroid dienone is 6. The van der Waals surface area contributed by atoms with Crippen LogP contribution in [0.3, 0.4) is 0 Å². The van der Waals surface area contributed by atoms with Crippen molar-refractivity contribution in [2.75, 3.05) is 13.2 Å². The molecular weight excluding hydrogens is 564 g/mol. The molecule has 2 atom stereocenters. The first-order valence-corrected chi connectivity index (χ1v) is 18.3. The van der Waals surface area contributed by atoms with Crippen LogP contribution < -0.4 is 0 Å². The van der Waals surface area contributed by atoms with Gasteiger partial charge in [0, 0.05) is 12.8 Å². The summed E-state index contributed by atoms with van der Waals surface area (Å²) in [6.07, 6.45) is 39.1. The quantitative estimate of drug-likeness (QED) is 0.0332. The van der Waals surface area contributed by atoms with Crippen LogP contribution in [0.2, 0.25) is 0 Å².